The van der Waals surface area contributed by atoms with Crippen LogP contribution in [0.5, 0.6) is 0 Å². The van der Waals surface area contributed by atoms with Crippen molar-refractivity contribution in [3.8, 4) is 6.07 Å². The Bertz CT molecular complexity index is 927. The van der Waals surface area contributed by atoms with Gasteiger partial charge in [-0.05, 0) is 43.7 Å². The third-order valence-electron chi connectivity index (χ3n) is 3.40. The van der Waals surface area contributed by atoms with Gasteiger partial charge in [0.15, 0.2) is 0 Å². The van der Waals surface area contributed by atoms with E-state index >= 15 is 0 Å². The van der Waals surface area contributed by atoms with Crippen molar-refractivity contribution in [2.75, 3.05) is 5.32 Å². The summed E-state index contributed by atoms with van der Waals surface area (Å²) in [6.07, 6.45) is 0. The standard InChI is InChI=1S/C15H12F2N2O3S2/c1-8-9(2)23-14(12(8)7-18)19-13(20)10-3-5-11(6-4-10)24(21,22)15(16)17/h3-6,15H,1-2H3,(H,19,20). The van der Waals surface area contributed by atoms with Crippen LogP contribution < -0.4 is 5.32 Å². The molecule has 9 heteroatoms. The highest BCUT2D eigenvalue weighted by Gasteiger charge is 2.26. The van der Waals surface area contributed by atoms with Gasteiger partial charge in [0.2, 0.25) is 9.84 Å². The van der Waals surface area contributed by atoms with Crippen LogP contribution in [-0.2, 0) is 9.84 Å². The Morgan fingerprint density at radius 2 is 1.83 bits per heavy atom. The molecule has 0 atom stereocenters. The maximum absolute atomic E-state index is 12.5. The van der Waals surface area contributed by atoms with Gasteiger partial charge >= 0.3 is 5.76 Å². The van der Waals surface area contributed by atoms with Gasteiger partial charge < -0.3 is 5.32 Å². The highest BCUT2D eigenvalue weighted by Crippen LogP contribution is 2.32. The minimum atomic E-state index is -4.70. The minimum absolute atomic E-state index is 0.0933. The number of thiophene rings is 1. The van der Waals surface area contributed by atoms with E-state index in [1.54, 1.807) is 6.92 Å². The number of nitriles is 1. The molecule has 1 amide bonds. The number of hydrogen-bond donors (Lipinski definition) is 1. The molecule has 0 aliphatic carbocycles. The van der Waals surface area contributed by atoms with Gasteiger partial charge in [-0.25, -0.2) is 8.42 Å². The van der Waals surface area contributed by atoms with E-state index in [9.17, 15) is 22.0 Å². The molecule has 1 aromatic heterocycles. The summed E-state index contributed by atoms with van der Waals surface area (Å²) in [7, 11) is -4.70. The van der Waals surface area contributed by atoms with Crippen molar-refractivity contribution in [1.82, 2.24) is 0 Å². The Balaban J connectivity index is 2.26. The Morgan fingerprint density at radius 1 is 1.25 bits per heavy atom. The second-order valence-electron chi connectivity index (χ2n) is 4.88. The van der Waals surface area contributed by atoms with Crippen molar-refractivity contribution >= 4 is 32.1 Å². The second kappa shape index (κ2) is 6.67. The van der Waals surface area contributed by atoms with Crippen LogP contribution in [0.1, 0.15) is 26.4 Å². The van der Waals surface area contributed by atoms with Gasteiger partial charge in [-0.1, -0.05) is 0 Å². The molecule has 24 heavy (non-hydrogen) atoms. The quantitative estimate of drug-likeness (QED) is 0.892. The van der Waals surface area contributed by atoms with Crippen LogP contribution in [0.15, 0.2) is 29.2 Å². The molecule has 1 N–H and O–H groups in total. The molecule has 0 saturated heterocycles. The van der Waals surface area contributed by atoms with Crippen molar-refractivity contribution in [1.29, 1.82) is 5.26 Å². The van der Waals surface area contributed by atoms with Gasteiger partial charge in [-0.15, -0.1) is 11.3 Å². The molecule has 0 bridgehead atoms. The van der Waals surface area contributed by atoms with Gasteiger partial charge in [-0.3, -0.25) is 4.79 Å². The number of carbonyl (C=O) groups is 1. The van der Waals surface area contributed by atoms with E-state index < -0.39 is 26.4 Å². The number of halogens is 2. The topological polar surface area (TPSA) is 87.0 Å². The van der Waals surface area contributed by atoms with E-state index in [0.717, 1.165) is 34.7 Å². The van der Waals surface area contributed by atoms with Crippen LogP contribution in [0.4, 0.5) is 13.8 Å². The normalized spacial score (nSPS) is 11.3. The summed E-state index contributed by atoms with van der Waals surface area (Å²) in [5.74, 6) is -4.08. The van der Waals surface area contributed by atoms with Gasteiger partial charge in [0.05, 0.1) is 10.5 Å². The number of rotatable bonds is 4. The lowest BCUT2D eigenvalue weighted by molar-refractivity contribution is 0.102. The van der Waals surface area contributed by atoms with Crippen molar-refractivity contribution in [2.45, 2.75) is 24.5 Å². The molecule has 0 saturated carbocycles. The number of aryl methyl sites for hydroxylation is 1. The largest absolute Gasteiger partial charge is 0.341 e. The number of nitrogens with one attached hydrogen (secondary N) is 1. The second-order valence-corrected chi connectivity index (χ2v) is 8.03. The molecule has 0 aliphatic heterocycles. The molecule has 2 aromatic rings. The summed E-state index contributed by atoms with van der Waals surface area (Å²) in [5.41, 5.74) is 1.23. The molecule has 2 rings (SSSR count). The molecular formula is C15H12F2N2O3S2. The first-order valence-electron chi connectivity index (χ1n) is 6.62. The van der Waals surface area contributed by atoms with Crippen molar-refractivity contribution in [3.05, 3.63) is 45.8 Å². The number of carbonyl (C=O) groups excluding carboxylic acids is 1. The SMILES string of the molecule is Cc1sc(NC(=O)c2ccc(S(=O)(=O)C(F)F)cc2)c(C#N)c1C. The highest BCUT2D eigenvalue weighted by molar-refractivity contribution is 7.91. The van der Waals surface area contributed by atoms with Crippen LogP contribution in [0.3, 0.4) is 0 Å². The van der Waals surface area contributed by atoms with E-state index in [1.165, 1.54) is 11.3 Å². The predicted molar refractivity (Wildman–Crippen MR) is 86.1 cm³/mol. The highest BCUT2D eigenvalue weighted by atomic mass is 32.2. The number of anilines is 1. The fourth-order valence-corrected chi connectivity index (χ4v) is 3.65. The zero-order valence-electron chi connectivity index (χ0n) is 12.6. The van der Waals surface area contributed by atoms with Gasteiger partial charge in [0.25, 0.3) is 5.91 Å². The van der Waals surface area contributed by atoms with E-state index in [1.807, 2.05) is 13.0 Å². The number of benzene rings is 1. The molecule has 126 valence electrons. The third kappa shape index (κ3) is 3.29. The van der Waals surface area contributed by atoms with Crippen molar-refractivity contribution < 1.29 is 22.0 Å². The monoisotopic (exact) mass is 370 g/mol. The van der Waals surface area contributed by atoms with E-state index in [2.05, 4.69) is 5.32 Å². The van der Waals surface area contributed by atoms with Crippen LogP contribution in [0, 0.1) is 25.2 Å². The molecule has 0 fully saturated rings. The van der Waals surface area contributed by atoms with Crippen LogP contribution >= 0.6 is 11.3 Å². The number of nitrogens with zero attached hydrogens (tertiary/aromatic N) is 1. The molecule has 0 spiro atoms. The molecule has 0 radical (unpaired) electrons. The summed E-state index contributed by atoms with van der Waals surface area (Å²) < 4.78 is 47.6. The molecule has 1 aromatic carbocycles. The Kier molecular flexibility index (Phi) is 5.01. The first kappa shape index (κ1) is 18.0. The van der Waals surface area contributed by atoms with E-state index in [0.29, 0.717) is 10.6 Å². The average Bonchev–Trinajstić information content (AvgIpc) is 2.81. The lowest BCUT2D eigenvalue weighted by Gasteiger charge is -2.06. The first-order chi connectivity index (χ1) is 11.2. The summed E-state index contributed by atoms with van der Waals surface area (Å²) in [6.45, 7) is 3.59. The maximum atomic E-state index is 12.5. The number of hydrogen-bond acceptors (Lipinski definition) is 5. The smallest absolute Gasteiger partial charge is 0.312 e. The molecule has 0 unspecified atom stereocenters. The summed E-state index contributed by atoms with van der Waals surface area (Å²) in [4.78, 5) is 12.5. The third-order valence-corrected chi connectivity index (χ3v) is 5.92. The summed E-state index contributed by atoms with van der Waals surface area (Å²) in [6, 6.07) is 6.20. The fraction of sp³-hybridized carbons (Fsp3) is 0.200. The predicted octanol–water partition coefficient (Wildman–Crippen LogP) is 3.49. The first-order valence-corrected chi connectivity index (χ1v) is 8.98. The Morgan fingerprint density at radius 3 is 2.33 bits per heavy atom. The zero-order valence-corrected chi connectivity index (χ0v) is 14.3. The molecular weight excluding hydrogens is 358 g/mol. The Hall–Kier alpha value is -2.31. The van der Waals surface area contributed by atoms with E-state index in [-0.39, 0.29) is 5.56 Å². The van der Waals surface area contributed by atoms with Crippen LogP contribution in [0.2, 0.25) is 0 Å². The van der Waals surface area contributed by atoms with Gasteiger partial charge in [0.1, 0.15) is 11.1 Å². The number of amides is 1. The zero-order chi connectivity index (χ0) is 18.1. The summed E-state index contributed by atoms with van der Waals surface area (Å²) in [5, 5.41) is 12.1. The fourth-order valence-electron chi connectivity index (χ4n) is 1.92. The van der Waals surface area contributed by atoms with Crippen molar-refractivity contribution in [3.63, 3.8) is 0 Å². The summed E-state index contributed by atoms with van der Waals surface area (Å²) >= 11 is 1.25. The number of sulfone groups is 1. The van der Waals surface area contributed by atoms with Crippen molar-refractivity contribution in [2.24, 2.45) is 0 Å². The van der Waals surface area contributed by atoms with E-state index in [4.69, 9.17) is 5.26 Å². The lowest BCUT2D eigenvalue weighted by Crippen LogP contribution is -2.14. The molecule has 1 heterocycles. The van der Waals surface area contributed by atoms with Gasteiger partial charge in [-0.2, -0.15) is 14.0 Å². The lowest BCUT2D eigenvalue weighted by atomic mass is 10.2. The average molecular weight is 370 g/mol. The van der Waals surface area contributed by atoms with Crippen LogP contribution in [0.25, 0.3) is 0 Å². The van der Waals surface area contributed by atoms with Gasteiger partial charge in [0, 0.05) is 10.4 Å². The number of alkyl halides is 2. The van der Waals surface area contributed by atoms with Crippen LogP contribution in [-0.4, -0.2) is 20.1 Å². The molecule has 5 nitrogen and oxygen atoms in total. The maximum Gasteiger partial charge on any atom is 0.341 e. The minimum Gasteiger partial charge on any atom is -0.312 e. The Labute approximate surface area is 141 Å². The molecule has 0 aliphatic rings.